The molecule has 0 saturated carbocycles. The zero-order valence-corrected chi connectivity index (χ0v) is 11.1. The van der Waals surface area contributed by atoms with E-state index in [2.05, 4.69) is 0 Å². The lowest BCUT2D eigenvalue weighted by Gasteiger charge is -2.20. The third-order valence-corrected chi connectivity index (χ3v) is 5.06. The number of aliphatic carboxylic acids is 1. The van der Waals surface area contributed by atoms with E-state index in [9.17, 15) is 17.6 Å². The largest absolute Gasteiger partial charge is 0.480 e. The zero-order valence-electron chi connectivity index (χ0n) is 10.3. The van der Waals surface area contributed by atoms with Crippen molar-refractivity contribution in [3.8, 4) is 6.07 Å². The minimum Gasteiger partial charge on any atom is -0.480 e. The van der Waals surface area contributed by atoms with Crippen molar-refractivity contribution >= 4 is 16.0 Å². The van der Waals surface area contributed by atoms with Crippen molar-refractivity contribution in [2.24, 2.45) is 0 Å². The maximum Gasteiger partial charge on any atom is 0.322 e. The SMILES string of the molecule is N#Cc1ccc(S(=O)(=O)N2CCCC2C(=O)O)cc1F. The van der Waals surface area contributed by atoms with Gasteiger partial charge in [-0.3, -0.25) is 4.79 Å². The predicted octanol–water partition coefficient (Wildman–Crippen LogP) is 0.935. The van der Waals surface area contributed by atoms with E-state index in [4.69, 9.17) is 10.4 Å². The smallest absolute Gasteiger partial charge is 0.322 e. The molecule has 1 N–H and O–H groups in total. The van der Waals surface area contributed by atoms with E-state index in [-0.39, 0.29) is 23.4 Å². The van der Waals surface area contributed by atoms with Gasteiger partial charge in [0.25, 0.3) is 0 Å². The van der Waals surface area contributed by atoms with Gasteiger partial charge in [-0.1, -0.05) is 0 Å². The third kappa shape index (κ3) is 2.37. The summed E-state index contributed by atoms with van der Waals surface area (Å²) in [6.45, 7) is 0.0842. The molecule has 0 radical (unpaired) electrons. The topological polar surface area (TPSA) is 98.5 Å². The molecule has 2 rings (SSSR count). The molecule has 106 valence electrons. The van der Waals surface area contributed by atoms with E-state index in [1.807, 2.05) is 0 Å². The van der Waals surface area contributed by atoms with Crippen LogP contribution in [0.3, 0.4) is 0 Å². The van der Waals surface area contributed by atoms with Gasteiger partial charge in [-0.25, -0.2) is 12.8 Å². The Hall–Kier alpha value is -1.98. The Bertz CT molecular complexity index is 696. The molecule has 8 heteroatoms. The lowest BCUT2D eigenvalue weighted by Crippen LogP contribution is -2.40. The van der Waals surface area contributed by atoms with E-state index in [0.29, 0.717) is 6.42 Å². The number of benzene rings is 1. The Kier molecular flexibility index (Phi) is 3.74. The number of carboxylic acid groups (broad SMARTS) is 1. The minimum atomic E-state index is -4.08. The second-order valence-electron chi connectivity index (χ2n) is 4.37. The molecule has 0 amide bonds. The lowest BCUT2D eigenvalue weighted by atomic mass is 10.2. The molecule has 20 heavy (non-hydrogen) atoms. The number of carboxylic acids is 1. The summed E-state index contributed by atoms with van der Waals surface area (Å²) in [4.78, 5) is 10.7. The molecule has 1 aromatic rings. The van der Waals surface area contributed by atoms with Gasteiger partial charge in [0.2, 0.25) is 10.0 Å². The summed E-state index contributed by atoms with van der Waals surface area (Å²) in [6, 6.07) is 3.38. The molecule has 1 aliphatic rings. The zero-order chi connectivity index (χ0) is 14.9. The number of rotatable bonds is 3. The first-order valence-electron chi connectivity index (χ1n) is 5.82. The van der Waals surface area contributed by atoms with E-state index in [1.54, 1.807) is 6.07 Å². The number of sulfonamides is 1. The lowest BCUT2D eigenvalue weighted by molar-refractivity contribution is -0.140. The van der Waals surface area contributed by atoms with Gasteiger partial charge in [-0.05, 0) is 31.0 Å². The molecule has 1 heterocycles. The summed E-state index contributed by atoms with van der Waals surface area (Å²) in [5.74, 6) is -2.17. The Labute approximate surface area is 115 Å². The monoisotopic (exact) mass is 298 g/mol. The van der Waals surface area contributed by atoms with Crippen molar-refractivity contribution in [1.29, 1.82) is 5.26 Å². The van der Waals surface area contributed by atoms with Crippen LogP contribution in [0.25, 0.3) is 0 Å². The molecule has 1 aliphatic heterocycles. The number of hydrogen-bond acceptors (Lipinski definition) is 4. The highest BCUT2D eigenvalue weighted by atomic mass is 32.2. The summed E-state index contributed by atoms with van der Waals surface area (Å²) in [7, 11) is -4.08. The van der Waals surface area contributed by atoms with Gasteiger partial charge in [-0.2, -0.15) is 9.57 Å². The maximum absolute atomic E-state index is 13.5. The fourth-order valence-electron chi connectivity index (χ4n) is 2.16. The molecule has 1 unspecified atom stereocenters. The molecule has 1 saturated heterocycles. The van der Waals surface area contributed by atoms with Crippen LogP contribution in [0.5, 0.6) is 0 Å². The molecule has 1 fully saturated rings. The van der Waals surface area contributed by atoms with Gasteiger partial charge in [0.05, 0.1) is 10.5 Å². The molecule has 0 bridgehead atoms. The summed E-state index contributed by atoms with van der Waals surface area (Å²) >= 11 is 0. The summed E-state index contributed by atoms with van der Waals surface area (Å²) in [5, 5.41) is 17.6. The molecule has 0 spiro atoms. The molecule has 0 aliphatic carbocycles. The van der Waals surface area contributed by atoms with Crippen LogP contribution in [-0.4, -0.2) is 36.4 Å². The van der Waals surface area contributed by atoms with Crippen LogP contribution >= 0.6 is 0 Å². The minimum absolute atomic E-state index is 0.0842. The van der Waals surface area contributed by atoms with Crippen molar-refractivity contribution in [3.63, 3.8) is 0 Å². The van der Waals surface area contributed by atoms with Crippen molar-refractivity contribution < 1.29 is 22.7 Å². The Morgan fingerprint density at radius 1 is 1.50 bits per heavy atom. The van der Waals surface area contributed by atoms with Crippen LogP contribution in [0.4, 0.5) is 4.39 Å². The average molecular weight is 298 g/mol. The molecule has 1 aromatic carbocycles. The van der Waals surface area contributed by atoms with Crippen LogP contribution in [0.1, 0.15) is 18.4 Å². The number of nitriles is 1. The molecular formula is C12H11FN2O4S. The van der Waals surface area contributed by atoms with E-state index in [1.165, 1.54) is 0 Å². The van der Waals surface area contributed by atoms with Gasteiger partial charge in [0.15, 0.2) is 0 Å². The number of halogens is 1. The first-order chi connectivity index (χ1) is 9.37. The molecule has 6 nitrogen and oxygen atoms in total. The predicted molar refractivity (Wildman–Crippen MR) is 65.7 cm³/mol. The highest BCUT2D eigenvalue weighted by Gasteiger charge is 2.39. The average Bonchev–Trinajstić information content (AvgIpc) is 2.88. The third-order valence-electron chi connectivity index (χ3n) is 3.16. The first-order valence-corrected chi connectivity index (χ1v) is 7.26. The maximum atomic E-state index is 13.5. The molecule has 1 atom stereocenters. The van der Waals surface area contributed by atoms with Gasteiger partial charge in [0, 0.05) is 6.54 Å². The van der Waals surface area contributed by atoms with Gasteiger partial charge in [0.1, 0.15) is 17.9 Å². The number of carbonyl (C=O) groups is 1. The second-order valence-corrected chi connectivity index (χ2v) is 6.26. The normalized spacial score (nSPS) is 19.7. The van der Waals surface area contributed by atoms with Gasteiger partial charge < -0.3 is 5.11 Å². The van der Waals surface area contributed by atoms with Crippen molar-refractivity contribution in [2.75, 3.05) is 6.54 Å². The standard InChI is InChI=1S/C12H11FN2O4S/c13-10-6-9(4-3-8(10)7-14)20(18,19)15-5-1-2-11(15)12(16)17/h3-4,6,11H,1-2,5H2,(H,16,17). The van der Waals surface area contributed by atoms with Gasteiger partial charge in [-0.15, -0.1) is 0 Å². The van der Waals surface area contributed by atoms with Crippen LogP contribution in [0, 0.1) is 17.1 Å². The summed E-state index contributed by atoms with van der Waals surface area (Å²) in [5.41, 5.74) is -0.264. The Morgan fingerprint density at radius 2 is 2.20 bits per heavy atom. The van der Waals surface area contributed by atoms with Crippen molar-refractivity contribution in [1.82, 2.24) is 4.31 Å². The second kappa shape index (κ2) is 5.19. The van der Waals surface area contributed by atoms with Gasteiger partial charge >= 0.3 is 5.97 Å². The van der Waals surface area contributed by atoms with Crippen molar-refractivity contribution in [2.45, 2.75) is 23.8 Å². The Morgan fingerprint density at radius 3 is 2.75 bits per heavy atom. The van der Waals surface area contributed by atoms with Crippen molar-refractivity contribution in [3.05, 3.63) is 29.6 Å². The highest BCUT2D eigenvalue weighted by molar-refractivity contribution is 7.89. The number of hydrogen-bond donors (Lipinski definition) is 1. The Balaban J connectivity index is 2.43. The number of nitrogens with zero attached hydrogens (tertiary/aromatic N) is 2. The summed E-state index contributed by atoms with van der Waals surface area (Å²) < 4.78 is 39.0. The van der Waals surface area contributed by atoms with E-state index >= 15 is 0 Å². The first kappa shape index (κ1) is 14.4. The molecular weight excluding hydrogens is 287 g/mol. The highest BCUT2D eigenvalue weighted by Crippen LogP contribution is 2.27. The fraction of sp³-hybridized carbons (Fsp3) is 0.333. The van der Waals surface area contributed by atoms with E-state index in [0.717, 1.165) is 22.5 Å². The fourth-order valence-corrected chi connectivity index (χ4v) is 3.82. The van der Waals surface area contributed by atoms with E-state index < -0.39 is 27.9 Å². The van der Waals surface area contributed by atoms with Crippen LogP contribution in [0.2, 0.25) is 0 Å². The van der Waals surface area contributed by atoms with Crippen LogP contribution in [0.15, 0.2) is 23.1 Å². The molecule has 0 aromatic heterocycles. The van der Waals surface area contributed by atoms with Crippen LogP contribution in [-0.2, 0) is 14.8 Å². The summed E-state index contributed by atoms with van der Waals surface area (Å²) in [6.07, 6.45) is 0.669. The quantitative estimate of drug-likeness (QED) is 0.895. The van der Waals surface area contributed by atoms with Crippen LogP contribution < -0.4 is 0 Å².